The summed E-state index contributed by atoms with van der Waals surface area (Å²) in [4.78, 5) is 0. The van der Waals surface area contributed by atoms with Gasteiger partial charge in [0.25, 0.3) is 0 Å². The average molecular weight is 282 g/mol. The second-order valence-corrected chi connectivity index (χ2v) is 5.59. The van der Waals surface area contributed by atoms with E-state index in [2.05, 4.69) is 12.2 Å². The number of anilines is 2. The van der Waals surface area contributed by atoms with Gasteiger partial charge in [-0.1, -0.05) is 0 Å². The van der Waals surface area contributed by atoms with Crippen LogP contribution in [-0.2, 0) is 4.74 Å². The summed E-state index contributed by atoms with van der Waals surface area (Å²) in [6, 6.07) is 3.16. The number of nitrogens with one attached hydrogen (secondary N) is 1. The minimum Gasteiger partial charge on any atom is -0.488 e. The lowest BCUT2D eigenvalue weighted by atomic mass is 10.0. The first kappa shape index (κ1) is 14.9. The first-order valence-corrected chi connectivity index (χ1v) is 7.07. The zero-order chi connectivity index (χ0) is 14.7. The summed E-state index contributed by atoms with van der Waals surface area (Å²) in [6.07, 6.45) is 0.951. The summed E-state index contributed by atoms with van der Waals surface area (Å²) in [6.45, 7) is 7.37. The zero-order valence-corrected chi connectivity index (χ0v) is 12.3. The van der Waals surface area contributed by atoms with E-state index in [1.54, 1.807) is 6.07 Å². The molecule has 1 saturated heterocycles. The number of ether oxygens (including phenoxy) is 2. The van der Waals surface area contributed by atoms with Crippen molar-refractivity contribution < 1.29 is 13.9 Å². The monoisotopic (exact) mass is 282 g/mol. The third-order valence-corrected chi connectivity index (χ3v) is 3.52. The molecule has 0 bridgehead atoms. The lowest BCUT2D eigenvalue weighted by molar-refractivity contribution is 0.183. The molecule has 1 heterocycles. The SMILES string of the molecule is CC(C)Oc1cc(NC(C)C2CCOC2)c(N)cc1F. The molecule has 20 heavy (non-hydrogen) atoms. The van der Waals surface area contributed by atoms with Gasteiger partial charge < -0.3 is 20.5 Å². The van der Waals surface area contributed by atoms with Crippen LogP contribution in [0.5, 0.6) is 5.75 Å². The van der Waals surface area contributed by atoms with E-state index in [4.69, 9.17) is 15.2 Å². The van der Waals surface area contributed by atoms with Crippen LogP contribution in [0.4, 0.5) is 15.8 Å². The third kappa shape index (κ3) is 3.54. The van der Waals surface area contributed by atoms with Gasteiger partial charge in [-0.15, -0.1) is 0 Å². The fourth-order valence-electron chi connectivity index (χ4n) is 2.35. The molecule has 1 aliphatic heterocycles. The minimum absolute atomic E-state index is 0.0818. The van der Waals surface area contributed by atoms with E-state index < -0.39 is 5.82 Å². The number of nitrogens with two attached hydrogens (primary N) is 1. The van der Waals surface area contributed by atoms with E-state index in [1.807, 2.05) is 13.8 Å². The lowest BCUT2D eigenvalue weighted by Gasteiger charge is -2.22. The van der Waals surface area contributed by atoms with Gasteiger partial charge in [-0.3, -0.25) is 0 Å². The summed E-state index contributed by atoms with van der Waals surface area (Å²) in [5, 5.41) is 3.34. The molecule has 0 radical (unpaired) electrons. The van der Waals surface area contributed by atoms with Gasteiger partial charge in [0, 0.05) is 30.7 Å². The molecule has 0 saturated carbocycles. The summed E-state index contributed by atoms with van der Waals surface area (Å²) in [7, 11) is 0. The second-order valence-electron chi connectivity index (χ2n) is 5.59. The first-order chi connectivity index (χ1) is 9.47. The molecule has 1 fully saturated rings. The van der Waals surface area contributed by atoms with Crippen LogP contribution in [0.3, 0.4) is 0 Å². The molecule has 0 amide bonds. The van der Waals surface area contributed by atoms with Gasteiger partial charge in [0.1, 0.15) is 0 Å². The van der Waals surface area contributed by atoms with E-state index in [9.17, 15) is 4.39 Å². The highest BCUT2D eigenvalue weighted by Gasteiger charge is 2.23. The van der Waals surface area contributed by atoms with E-state index in [1.165, 1.54) is 6.07 Å². The fraction of sp³-hybridized carbons (Fsp3) is 0.600. The Hall–Kier alpha value is -1.49. The molecule has 0 aromatic heterocycles. The smallest absolute Gasteiger partial charge is 0.167 e. The Morgan fingerprint density at radius 1 is 1.40 bits per heavy atom. The van der Waals surface area contributed by atoms with Crippen LogP contribution in [0.15, 0.2) is 12.1 Å². The van der Waals surface area contributed by atoms with Crippen molar-refractivity contribution in [2.75, 3.05) is 24.3 Å². The van der Waals surface area contributed by atoms with E-state index in [0.717, 1.165) is 19.6 Å². The van der Waals surface area contributed by atoms with Crippen LogP contribution in [-0.4, -0.2) is 25.4 Å². The van der Waals surface area contributed by atoms with Crippen molar-refractivity contribution in [1.29, 1.82) is 0 Å². The Kier molecular flexibility index (Phi) is 4.70. The predicted molar refractivity (Wildman–Crippen MR) is 78.6 cm³/mol. The standard InChI is InChI=1S/C15H23FN2O2/c1-9(2)20-15-7-14(13(17)6-12(15)16)18-10(3)11-4-5-19-8-11/h6-7,9-11,18H,4-5,8,17H2,1-3H3. The highest BCUT2D eigenvalue weighted by atomic mass is 19.1. The van der Waals surface area contributed by atoms with Crippen LogP contribution in [0.1, 0.15) is 27.2 Å². The zero-order valence-electron chi connectivity index (χ0n) is 12.3. The number of benzene rings is 1. The van der Waals surface area contributed by atoms with Crippen molar-refractivity contribution >= 4 is 11.4 Å². The van der Waals surface area contributed by atoms with Crippen molar-refractivity contribution in [3.63, 3.8) is 0 Å². The second kappa shape index (κ2) is 6.31. The van der Waals surface area contributed by atoms with Crippen LogP contribution in [0.25, 0.3) is 0 Å². The van der Waals surface area contributed by atoms with E-state index in [-0.39, 0.29) is 17.9 Å². The quantitative estimate of drug-likeness (QED) is 0.815. The maximum absolute atomic E-state index is 13.8. The Bertz CT molecular complexity index is 459. The van der Waals surface area contributed by atoms with Gasteiger partial charge >= 0.3 is 0 Å². The minimum atomic E-state index is -0.432. The molecule has 4 nitrogen and oxygen atoms in total. The number of nitrogen functional groups attached to an aromatic ring is 1. The summed E-state index contributed by atoms with van der Waals surface area (Å²) in [5.41, 5.74) is 6.98. The van der Waals surface area contributed by atoms with Crippen molar-refractivity contribution in [2.24, 2.45) is 5.92 Å². The van der Waals surface area contributed by atoms with Gasteiger partial charge in [-0.2, -0.15) is 0 Å². The molecule has 1 aliphatic rings. The van der Waals surface area contributed by atoms with Gasteiger partial charge in [-0.25, -0.2) is 4.39 Å². The molecular weight excluding hydrogens is 259 g/mol. The average Bonchev–Trinajstić information content (AvgIpc) is 2.88. The van der Waals surface area contributed by atoms with Gasteiger partial charge in [-0.05, 0) is 27.2 Å². The van der Waals surface area contributed by atoms with E-state index >= 15 is 0 Å². The van der Waals surface area contributed by atoms with Crippen molar-refractivity contribution in [3.05, 3.63) is 17.9 Å². The topological polar surface area (TPSA) is 56.5 Å². The Labute approximate surface area is 119 Å². The van der Waals surface area contributed by atoms with Crippen LogP contribution in [0.2, 0.25) is 0 Å². The predicted octanol–water partition coefficient (Wildman–Crippen LogP) is 3.03. The molecule has 2 unspecified atom stereocenters. The molecule has 112 valence electrons. The molecule has 1 aromatic rings. The molecule has 0 aliphatic carbocycles. The molecule has 1 aromatic carbocycles. The Balaban J connectivity index is 2.13. The summed E-state index contributed by atoms with van der Waals surface area (Å²) < 4.78 is 24.6. The lowest BCUT2D eigenvalue weighted by Crippen LogP contribution is -2.26. The Morgan fingerprint density at radius 2 is 2.15 bits per heavy atom. The fourth-order valence-corrected chi connectivity index (χ4v) is 2.35. The van der Waals surface area contributed by atoms with Gasteiger partial charge in [0.05, 0.1) is 24.1 Å². The maximum Gasteiger partial charge on any atom is 0.167 e. The van der Waals surface area contributed by atoms with Crippen molar-refractivity contribution in [2.45, 2.75) is 39.3 Å². The molecule has 2 rings (SSSR count). The van der Waals surface area contributed by atoms with Gasteiger partial charge in [0.15, 0.2) is 11.6 Å². The Morgan fingerprint density at radius 3 is 2.75 bits per heavy atom. The molecule has 2 atom stereocenters. The van der Waals surface area contributed by atoms with Crippen LogP contribution < -0.4 is 15.8 Å². The maximum atomic E-state index is 13.8. The highest BCUT2D eigenvalue weighted by Crippen LogP contribution is 2.30. The highest BCUT2D eigenvalue weighted by molar-refractivity contribution is 5.69. The summed E-state index contributed by atoms with van der Waals surface area (Å²) in [5.74, 6) is 0.249. The van der Waals surface area contributed by atoms with E-state index in [0.29, 0.717) is 17.3 Å². The molecule has 0 spiro atoms. The van der Waals surface area contributed by atoms with Crippen molar-refractivity contribution in [3.8, 4) is 5.75 Å². The van der Waals surface area contributed by atoms with Crippen molar-refractivity contribution in [1.82, 2.24) is 0 Å². The third-order valence-electron chi connectivity index (χ3n) is 3.52. The number of rotatable bonds is 5. The normalized spacial score (nSPS) is 20.1. The molecular formula is C15H23FN2O2. The largest absolute Gasteiger partial charge is 0.488 e. The number of halogens is 1. The molecule has 3 N–H and O–H groups in total. The molecule has 5 heteroatoms. The number of hydrogen-bond acceptors (Lipinski definition) is 4. The number of hydrogen-bond donors (Lipinski definition) is 2. The summed E-state index contributed by atoms with van der Waals surface area (Å²) >= 11 is 0. The van der Waals surface area contributed by atoms with Gasteiger partial charge in [0.2, 0.25) is 0 Å². The van der Waals surface area contributed by atoms with Crippen LogP contribution >= 0.6 is 0 Å². The first-order valence-electron chi connectivity index (χ1n) is 7.07. The van der Waals surface area contributed by atoms with Crippen LogP contribution in [0, 0.1) is 11.7 Å².